The van der Waals surface area contributed by atoms with Crippen LogP contribution in [0.4, 0.5) is 0 Å². The van der Waals surface area contributed by atoms with Gasteiger partial charge in [0.2, 0.25) is 0 Å². The van der Waals surface area contributed by atoms with Gasteiger partial charge in [-0.1, -0.05) is 13.8 Å². The summed E-state index contributed by atoms with van der Waals surface area (Å²) in [5, 5.41) is 0. The monoisotopic (exact) mass is 194 g/mol. The molecule has 1 aliphatic carbocycles. The number of rotatable bonds is 1. The fourth-order valence-corrected chi connectivity index (χ4v) is 2.05. The number of nitrogens with zero attached hydrogens (tertiary/aromatic N) is 2. The molecule has 1 saturated carbocycles. The Kier molecular flexibility index (Phi) is 4.02. The molecular weight excluding hydrogens is 171 g/mol. The van der Waals surface area contributed by atoms with Gasteiger partial charge in [-0.15, -0.1) is 0 Å². The second-order valence-corrected chi connectivity index (χ2v) is 4.48. The van der Waals surface area contributed by atoms with E-state index >= 15 is 0 Å². The lowest BCUT2D eigenvalue weighted by Gasteiger charge is -2.42. The second kappa shape index (κ2) is 4.67. The molecule has 2 rings (SSSR count). The van der Waals surface area contributed by atoms with E-state index in [1.807, 2.05) is 13.8 Å². The molecule has 0 unspecified atom stereocenters. The summed E-state index contributed by atoms with van der Waals surface area (Å²) in [6.45, 7) is 11.9. The third-order valence-corrected chi connectivity index (χ3v) is 3.29. The molecule has 0 atom stereocenters. The first-order chi connectivity index (χ1) is 6.64. The fourth-order valence-electron chi connectivity index (χ4n) is 2.05. The van der Waals surface area contributed by atoms with Crippen LogP contribution in [0.3, 0.4) is 0 Å². The smallest absolute Gasteiger partial charge is 0.183 e. The standard InChI is InChI=1S/C9H17BN2.C2H6/c1-8(2)11-5-6-12(10)9(7-11)3-4-9;1-2/h8H,3-7H2,1-2H3;1-2H3. The Balaban J connectivity index is 0.000000461. The van der Waals surface area contributed by atoms with E-state index in [-0.39, 0.29) is 0 Å². The van der Waals surface area contributed by atoms with Gasteiger partial charge in [-0.05, 0) is 33.2 Å². The first-order valence-corrected chi connectivity index (χ1v) is 5.90. The van der Waals surface area contributed by atoms with Crippen LogP contribution < -0.4 is 0 Å². The Morgan fingerprint density at radius 3 is 2.14 bits per heavy atom. The molecule has 1 saturated heterocycles. The van der Waals surface area contributed by atoms with Gasteiger partial charge < -0.3 is 4.81 Å². The zero-order valence-electron chi connectivity index (χ0n) is 10.1. The molecule has 0 bridgehead atoms. The molecule has 0 N–H and O–H groups in total. The molecule has 2 aliphatic rings. The molecule has 2 nitrogen and oxygen atoms in total. The predicted octanol–water partition coefficient (Wildman–Crippen LogP) is 1.65. The van der Waals surface area contributed by atoms with E-state index in [0.717, 1.165) is 13.1 Å². The van der Waals surface area contributed by atoms with Crippen LogP contribution in [-0.2, 0) is 0 Å². The van der Waals surface area contributed by atoms with Crippen LogP contribution in [0, 0.1) is 0 Å². The van der Waals surface area contributed by atoms with Crippen molar-refractivity contribution in [2.75, 3.05) is 19.6 Å². The summed E-state index contributed by atoms with van der Waals surface area (Å²) < 4.78 is 0. The minimum absolute atomic E-state index is 0.377. The van der Waals surface area contributed by atoms with Crippen LogP contribution >= 0.6 is 0 Å². The molecule has 0 amide bonds. The van der Waals surface area contributed by atoms with Crippen LogP contribution in [0.5, 0.6) is 0 Å². The summed E-state index contributed by atoms with van der Waals surface area (Å²) in [4.78, 5) is 4.60. The molecule has 80 valence electrons. The number of hydrogen-bond acceptors (Lipinski definition) is 2. The molecule has 3 heteroatoms. The first-order valence-electron chi connectivity index (χ1n) is 5.90. The third-order valence-electron chi connectivity index (χ3n) is 3.29. The second-order valence-electron chi connectivity index (χ2n) is 4.48. The molecule has 0 aromatic carbocycles. The molecule has 1 heterocycles. The predicted molar refractivity (Wildman–Crippen MR) is 62.5 cm³/mol. The van der Waals surface area contributed by atoms with E-state index in [2.05, 4.69) is 23.6 Å². The van der Waals surface area contributed by atoms with E-state index in [1.165, 1.54) is 19.4 Å². The molecular formula is C11H23BN2. The van der Waals surface area contributed by atoms with Crippen molar-refractivity contribution >= 4 is 7.98 Å². The van der Waals surface area contributed by atoms with Crippen LogP contribution in [-0.4, -0.2) is 48.9 Å². The quantitative estimate of drug-likeness (QED) is 0.585. The normalized spacial score (nSPS) is 26.1. The average molecular weight is 194 g/mol. The summed E-state index contributed by atoms with van der Waals surface area (Å²) in [6.07, 6.45) is 2.60. The Labute approximate surface area is 90.1 Å². The van der Waals surface area contributed by atoms with E-state index < -0.39 is 0 Å². The molecule has 1 spiro atoms. The lowest BCUT2D eigenvalue weighted by Crippen LogP contribution is -2.55. The molecule has 2 radical (unpaired) electrons. The van der Waals surface area contributed by atoms with Gasteiger partial charge in [0.1, 0.15) is 0 Å². The van der Waals surface area contributed by atoms with Crippen molar-refractivity contribution in [2.45, 2.75) is 52.1 Å². The Morgan fingerprint density at radius 2 is 1.71 bits per heavy atom. The van der Waals surface area contributed by atoms with Crippen molar-refractivity contribution < 1.29 is 0 Å². The summed E-state index contributed by atoms with van der Waals surface area (Å²) in [5.74, 6) is 0. The van der Waals surface area contributed by atoms with Crippen LogP contribution in [0.1, 0.15) is 40.5 Å². The van der Waals surface area contributed by atoms with Crippen molar-refractivity contribution in [1.82, 2.24) is 9.71 Å². The van der Waals surface area contributed by atoms with Crippen molar-refractivity contribution in [3.63, 3.8) is 0 Å². The van der Waals surface area contributed by atoms with Crippen molar-refractivity contribution in [3.8, 4) is 0 Å². The van der Waals surface area contributed by atoms with Crippen molar-refractivity contribution in [2.24, 2.45) is 0 Å². The van der Waals surface area contributed by atoms with Crippen molar-refractivity contribution in [3.05, 3.63) is 0 Å². The largest absolute Gasteiger partial charge is 0.346 e. The van der Waals surface area contributed by atoms with Gasteiger partial charge in [-0.25, -0.2) is 0 Å². The van der Waals surface area contributed by atoms with Crippen molar-refractivity contribution in [1.29, 1.82) is 0 Å². The highest BCUT2D eigenvalue weighted by molar-refractivity contribution is 6.05. The SMILES string of the molecule is CC.[B]N1CCN(C(C)C)CC12CC2. The van der Waals surface area contributed by atoms with Crippen LogP contribution in [0.15, 0.2) is 0 Å². The number of hydrogen-bond donors (Lipinski definition) is 0. The molecule has 0 aromatic heterocycles. The molecule has 14 heavy (non-hydrogen) atoms. The van der Waals surface area contributed by atoms with E-state index in [4.69, 9.17) is 7.98 Å². The van der Waals surface area contributed by atoms with Crippen LogP contribution in [0.25, 0.3) is 0 Å². The summed E-state index contributed by atoms with van der Waals surface area (Å²) in [7, 11) is 5.94. The maximum absolute atomic E-state index is 5.94. The average Bonchev–Trinajstić information content (AvgIpc) is 2.94. The number of piperazine rings is 1. The highest BCUT2D eigenvalue weighted by atomic mass is 15.3. The topological polar surface area (TPSA) is 6.48 Å². The minimum atomic E-state index is 0.377. The maximum Gasteiger partial charge on any atom is 0.183 e. The third kappa shape index (κ3) is 2.32. The fraction of sp³-hybridized carbons (Fsp3) is 1.00. The molecule has 2 fully saturated rings. The minimum Gasteiger partial charge on any atom is -0.346 e. The van der Waals surface area contributed by atoms with Gasteiger partial charge in [0, 0.05) is 24.7 Å². The van der Waals surface area contributed by atoms with E-state index in [0.29, 0.717) is 11.6 Å². The Hall–Kier alpha value is -0.0151. The lowest BCUT2D eigenvalue weighted by molar-refractivity contribution is 0.0977. The summed E-state index contributed by atoms with van der Waals surface area (Å²) in [5.41, 5.74) is 0.377. The highest BCUT2D eigenvalue weighted by Crippen LogP contribution is 2.43. The highest BCUT2D eigenvalue weighted by Gasteiger charge is 2.48. The van der Waals surface area contributed by atoms with E-state index in [9.17, 15) is 0 Å². The van der Waals surface area contributed by atoms with Gasteiger partial charge in [-0.2, -0.15) is 0 Å². The molecule has 1 aliphatic heterocycles. The van der Waals surface area contributed by atoms with Gasteiger partial charge >= 0.3 is 0 Å². The maximum atomic E-state index is 5.94. The lowest BCUT2D eigenvalue weighted by atomic mass is 10.0. The van der Waals surface area contributed by atoms with E-state index in [1.54, 1.807) is 0 Å². The zero-order chi connectivity index (χ0) is 10.8. The Morgan fingerprint density at radius 1 is 1.14 bits per heavy atom. The van der Waals surface area contributed by atoms with Gasteiger partial charge in [0.25, 0.3) is 0 Å². The zero-order valence-corrected chi connectivity index (χ0v) is 10.1. The van der Waals surface area contributed by atoms with Gasteiger partial charge in [0.05, 0.1) is 0 Å². The van der Waals surface area contributed by atoms with Gasteiger partial charge in [-0.3, -0.25) is 4.90 Å². The Bertz CT molecular complexity index is 178. The van der Waals surface area contributed by atoms with Gasteiger partial charge in [0.15, 0.2) is 7.98 Å². The van der Waals surface area contributed by atoms with Crippen LogP contribution in [0.2, 0.25) is 0 Å². The summed E-state index contributed by atoms with van der Waals surface area (Å²) >= 11 is 0. The summed E-state index contributed by atoms with van der Waals surface area (Å²) in [6, 6.07) is 0.677. The molecule has 0 aromatic rings. The first kappa shape index (κ1) is 12.1.